The number of carbonyl (C=O) groups excluding carboxylic acids is 3. The Balaban J connectivity index is 2.14. The smallest absolute Gasteiger partial charge is 0.407 e. The maximum absolute atomic E-state index is 11.2. The highest BCUT2D eigenvalue weighted by Crippen LogP contribution is 2.42. The Morgan fingerprint density at radius 3 is 2.53 bits per heavy atom. The van der Waals surface area contributed by atoms with Crippen LogP contribution in [0.3, 0.4) is 0 Å². The molecule has 1 aliphatic rings. The van der Waals surface area contributed by atoms with Crippen molar-refractivity contribution in [2.75, 3.05) is 20.2 Å². The Labute approximate surface area is 87.4 Å². The predicted octanol–water partition coefficient (Wildman–Crippen LogP) is -0.562. The van der Waals surface area contributed by atoms with Gasteiger partial charge < -0.3 is 20.2 Å². The molecule has 6 nitrogen and oxygen atoms in total. The molecule has 0 bridgehead atoms. The summed E-state index contributed by atoms with van der Waals surface area (Å²) >= 11 is 0. The van der Waals surface area contributed by atoms with Crippen molar-refractivity contribution in [2.24, 2.45) is 5.41 Å². The molecular weight excluding hydrogens is 200 g/mol. The van der Waals surface area contributed by atoms with Crippen molar-refractivity contribution in [3.8, 4) is 0 Å². The first-order chi connectivity index (χ1) is 7.12. The van der Waals surface area contributed by atoms with Gasteiger partial charge in [0.1, 0.15) is 6.29 Å². The molecule has 0 saturated heterocycles. The molecule has 2 N–H and O–H groups in total. The molecule has 0 aromatic carbocycles. The summed E-state index contributed by atoms with van der Waals surface area (Å²) in [4.78, 5) is 32.3. The van der Waals surface area contributed by atoms with E-state index < -0.39 is 6.09 Å². The van der Waals surface area contributed by atoms with Gasteiger partial charge in [0.05, 0.1) is 13.7 Å². The number of hydrogen-bond acceptors (Lipinski definition) is 4. The van der Waals surface area contributed by atoms with E-state index in [-0.39, 0.29) is 17.9 Å². The molecule has 1 rings (SSSR count). The molecule has 1 aliphatic carbocycles. The van der Waals surface area contributed by atoms with Gasteiger partial charge in [-0.25, -0.2) is 4.79 Å². The highest BCUT2D eigenvalue weighted by Gasteiger charge is 2.42. The van der Waals surface area contributed by atoms with E-state index in [9.17, 15) is 14.4 Å². The van der Waals surface area contributed by atoms with Crippen LogP contribution in [0, 0.1) is 5.41 Å². The van der Waals surface area contributed by atoms with Gasteiger partial charge in [-0.3, -0.25) is 4.79 Å². The molecular formula is C9H14N2O4. The lowest BCUT2D eigenvalue weighted by Gasteiger charge is -2.09. The summed E-state index contributed by atoms with van der Waals surface area (Å²) in [5.74, 6) is -0.325. The molecule has 0 aliphatic heterocycles. The number of hydrogen-bond donors (Lipinski definition) is 2. The molecule has 6 heteroatoms. The number of aldehydes is 1. The molecule has 0 radical (unpaired) electrons. The second-order valence-electron chi connectivity index (χ2n) is 3.60. The van der Waals surface area contributed by atoms with Crippen LogP contribution in [0.2, 0.25) is 0 Å². The van der Waals surface area contributed by atoms with Gasteiger partial charge in [-0.05, 0) is 12.8 Å². The van der Waals surface area contributed by atoms with Gasteiger partial charge in [0.25, 0.3) is 0 Å². The number of ether oxygens (including phenoxy) is 1. The summed E-state index contributed by atoms with van der Waals surface area (Å²) in [6.45, 7) is 0.208. The van der Waals surface area contributed by atoms with E-state index in [2.05, 4.69) is 15.4 Å². The second-order valence-corrected chi connectivity index (χ2v) is 3.60. The van der Waals surface area contributed by atoms with Crippen molar-refractivity contribution in [3.05, 3.63) is 0 Å². The van der Waals surface area contributed by atoms with Gasteiger partial charge in [-0.1, -0.05) is 0 Å². The van der Waals surface area contributed by atoms with Crippen LogP contribution in [0.25, 0.3) is 0 Å². The van der Waals surface area contributed by atoms with Gasteiger partial charge in [-0.2, -0.15) is 0 Å². The number of methoxy groups -OCH3 is 1. The van der Waals surface area contributed by atoms with Crippen molar-refractivity contribution in [1.82, 2.24) is 10.6 Å². The lowest BCUT2D eigenvalue weighted by Crippen LogP contribution is -2.39. The van der Waals surface area contributed by atoms with Crippen molar-refractivity contribution in [3.63, 3.8) is 0 Å². The molecule has 0 heterocycles. The van der Waals surface area contributed by atoms with Gasteiger partial charge in [0.15, 0.2) is 0 Å². The van der Waals surface area contributed by atoms with Crippen LogP contribution in [0.5, 0.6) is 0 Å². The molecule has 0 unspecified atom stereocenters. The largest absolute Gasteiger partial charge is 0.453 e. The minimum atomic E-state index is -0.651. The molecule has 0 aromatic rings. The second kappa shape index (κ2) is 4.77. The Kier molecular flexibility index (Phi) is 3.65. The van der Waals surface area contributed by atoms with Gasteiger partial charge >= 0.3 is 6.09 Å². The first kappa shape index (κ1) is 11.5. The van der Waals surface area contributed by atoms with Crippen molar-refractivity contribution < 1.29 is 19.1 Å². The quantitative estimate of drug-likeness (QED) is 0.601. The maximum atomic E-state index is 11.2. The Bertz CT molecular complexity index is 273. The zero-order valence-corrected chi connectivity index (χ0v) is 8.54. The molecule has 2 amide bonds. The Morgan fingerprint density at radius 2 is 2.07 bits per heavy atom. The molecule has 84 valence electrons. The minimum Gasteiger partial charge on any atom is -0.453 e. The first-order valence-corrected chi connectivity index (χ1v) is 4.67. The molecule has 1 fully saturated rings. The fraction of sp³-hybridized carbons (Fsp3) is 0.667. The van der Waals surface area contributed by atoms with Crippen molar-refractivity contribution in [2.45, 2.75) is 12.8 Å². The van der Waals surface area contributed by atoms with E-state index >= 15 is 0 Å². The normalized spacial score (nSPS) is 16.3. The highest BCUT2D eigenvalue weighted by atomic mass is 16.5. The van der Waals surface area contributed by atoms with Gasteiger partial charge in [0, 0.05) is 12.0 Å². The Morgan fingerprint density at radius 1 is 1.40 bits per heavy atom. The minimum absolute atomic E-state index is 0.137. The molecule has 15 heavy (non-hydrogen) atoms. The molecule has 0 aromatic heterocycles. The lowest BCUT2D eigenvalue weighted by molar-refractivity contribution is -0.120. The van der Waals surface area contributed by atoms with Crippen LogP contribution in [-0.4, -0.2) is 38.5 Å². The Hall–Kier alpha value is -1.59. The van der Waals surface area contributed by atoms with E-state index in [0.29, 0.717) is 6.54 Å². The predicted molar refractivity (Wildman–Crippen MR) is 51.1 cm³/mol. The van der Waals surface area contributed by atoms with E-state index in [1.807, 2.05) is 0 Å². The zero-order chi connectivity index (χ0) is 11.3. The topological polar surface area (TPSA) is 84.5 Å². The van der Waals surface area contributed by atoms with Gasteiger partial charge in [0.2, 0.25) is 5.91 Å². The fourth-order valence-electron chi connectivity index (χ4n) is 1.06. The van der Waals surface area contributed by atoms with Crippen LogP contribution >= 0.6 is 0 Å². The zero-order valence-electron chi connectivity index (χ0n) is 8.54. The highest BCUT2D eigenvalue weighted by molar-refractivity contribution is 5.82. The maximum Gasteiger partial charge on any atom is 0.407 e. The van der Waals surface area contributed by atoms with E-state index in [1.54, 1.807) is 0 Å². The molecule has 0 atom stereocenters. The average molecular weight is 214 g/mol. The standard InChI is InChI=1S/C9H14N2O4/c1-15-8(14)10-4-7(13)11-5-9(6-12)2-3-9/h6H,2-5H2,1H3,(H,10,14)(H,11,13). The SMILES string of the molecule is COC(=O)NCC(=O)NCC1(C=O)CC1. The van der Waals surface area contributed by atoms with Crippen molar-refractivity contribution >= 4 is 18.3 Å². The monoisotopic (exact) mass is 214 g/mol. The third-order valence-corrected chi connectivity index (χ3v) is 2.36. The van der Waals surface area contributed by atoms with Crippen molar-refractivity contribution in [1.29, 1.82) is 0 Å². The number of alkyl carbamates (subject to hydrolysis) is 1. The third-order valence-electron chi connectivity index (χ3n) is 2.36. The van der Waals surface area contributed by atoms with E-state index in [4.69, 9.17) is 0 Å². The summed E-state index contributed by atoms with van der Waals surface area (Å²) in [6, 6.07) is 0. The molecule has 1 saturated carbocycles. The summed E-state index contributed by atoms with van der Waals surface area (Å²) < 4.78 is 4.29. The summed E-state index contributed by atoms with van der Waals surface area (Å²) in [5, 5.41) is 4.82. The molecule has 0 spiro atoms. The lowest BCUT2D eigenvalue weighted by atomic mass is 10.1. The van der Waals surface area contributed by atoms with Crippen LogP contribution in [0.15, 0.2) is 0 Å². The van der Waals surface area contributed by atoms with Crippen LogP contribution < -0.4 is 10.6 Å². The number of carbonyl (C=O) groups is 3. The van der Waals surface area contributed by atoms with Crippen LogP contribution in [-0.2, 0) is 14.3 Å². The number of rotatable bonds is 5. The van der Waals surface area contributed by atoms with Gasteiger partial charge in [-0.15, -0.1) is 0 Å². The first-order valence-electron chi connectivity index (χ1n) is 4.67. The fourth-order valence-corrected chi connectivity index (χ4v) is 1.06. The van der Waals surface area contributed by atoms with Crippen LogP contribution in [0.4, 0.5) is 4.79 Å². The summed E-state index contributed by atoms with van der Waals surface area (Å²) in [7, 11) is 1.22. The summed E-state index contributed by atoms with van der Waals surface area (Å²) in [5.41, 5.74) is -0.346. The van der Waals surface area contributed by atoms with E-state index in [0.717, 1.165) is 19.1 Å². The number of nitrogens with one attached hydrogen (secondary N) is 2. The average Bonchev–Trinajstić information content (AvgIpc) is 3.03. The third kappa shape index (κ3) is 3.57. The number of amides is 2. The van der Waals surface area contributed by atoms with Crippen LogP contribution in [0.1, 0.15) is 12.8 Å². The summed E-state index contributed by atoms with van der Waals surface area (Å²) in [6.07, 6.45) is 1.87. The van der Waals surface area contributed by atoms with E-state index in [1.165, 1.54) is 7.11 Å².